The molecule has 2 atom stereocenters. The number of nitrogens with zero attached hydrogens (tertiary/aromatic N) is 2. The Morgan fingerprint density at radius 3 is 2.35 bits per heavy atom. The zero-order chi connectivity index (χ0) is 25.9. The SMILES string of the molecule is CCCCNC(=O)C(c1ccccc1C)N(CC#N)C(=O)C(CC(C)C)NC(=O)OC(C)(C)C. The van der Waals surface area contributed by atoms with Gasteiger partial charge in [-0.2, -0.15) is 5.26 Å². The van der Waals surface area contributed by atoms with Crippen molar-refractivity contribution in [2.24, 2.45) is 5.92 Å². The predicted octanol–water partition coefficient (Wildman–Crippen LogP) is 4.24. The first-order valence-electron chi connectivity index (χ1n) is 11.9. The molecule has 0 saturated heterocycles. The molecule has 3 amide bonds. The van der Waals surface area contributed by atoms with Gasteiger partial charge < -0.3 is 20.3 Å². The molecule has 8 heteroatoms. The molecule has 0 saturated carbocycles. The zero-order valence-electron chi connectivity index (χ0n) is 21.6. The normalized spacial score (nSPS) is 12.9. The fraction of sp³-hybridized carbons (Fsp3) is 0.615. The number of rotatable bonds is 11. The van der Waals surface area contributed by atoms with Crippen molar-refractivity contribution in [3.05, 3.63) is 35.4 Å². The molecule has 0 bridgehead atoms. The van der Waals surface area contributed by atoms with E-state index in [1.807, 2.05) is 45.9 Å². The molecule has 1 aromatic rings. The Kier molecular flexibility index (Phi) is 11.6. The number of unbranched alkanes of at least 4 members (excludes halogenated alkanes) is 1. The van der Waals surface area contributed by atoms with Crippen LogP contribution in [0.15, 0.2) is 24.3 Å². The van der Waals surface area contributed by atoms with Crippen molar-refractivity contribution in [2.75, 3.05) is 13.1 Å². The van der Waals surface area contributed by atoms with Gasteiger partial charge in [-0.1, -0.05) is 51.5 Å². The van der Waals surface area contributed by atoms with E-state index in [1.54, 1.807) is 32.9 Å². The summed E-state index contributed by atoms with van der Waals surface area (Å²) in [6, 6.07) is 7.38. The van der Waals surface area contributed by atoms with Crippen LogP contribution in [-0.2, 0) is 14.3 Å². The van der Waals surface area contributed by atoms with Gasteiger partial charge in [-0.25, -0.2) is 4.79 Å². The van der Waals surface area contributed by atoms with Crippen molar-refractivity contribution in [3.63, 3.8) is 0 Å². The van der Waals surface area contributed by atoms with Gasteiger partial charge in [0.2, 0.25) is 11.8 Å². The van der Waals surface area contributed by atoms with Crippen LogP contribution in [-0.4, -0.2) is 47.5 Å². The summed E-state index contributed by atoms with van der Waals surface area (Å²) >= 11 is 0. The number of aryl methyl sites for hydroxylation is 1. The van der Waals surface area contributed by atoms with Crippen molar-refractivity contribution in [3.8, 4) is 6.07 Å². The molecule has 1 aromatic carbocycles. The molecule has 0 fully saturated rings. The van der Waals surface area contributed by atoms with Crippen molar-refractivity contribution in [2.45, 2.75) is 85.4 Å². The van der Waals surface area contributed by atoms with E-state index in [9.17, 15) is 19.6 Å². The van der Waals surface area contributed by atoms with Crippen LogP contribution in [0.2, 0.25) is 0 Å². The Morgan fingerprint density at radius 2 is 1.82 bits per heavy atom. The van der Waals surface area contributed by atoms with Crippen LogP contribution < -0.4 is 10.6 Å². The largest absolute Gasteiger partial charge is 0.444 e. The van der Waals surface area contributed by atoms with E-state index in [4.69, 9.17) is 4.74 Å². The lowest BCUT2D eigenvalue weighted by Gasteiger charge is -2.34. The van der Waals surface area contributed by atoms with E-state index < -0.39 is 29.7 Å². The Balaban J connectivity index is 3.40. The Bertz CT molecular complexity index is 870. The van der Waals surface area contributed by atoms with Crippen LogP contribution in [0, 0.1) is 24.2 Å². The number of carbonyl (C=O) groups excluding carboxylic acids is 3. The van der Waals surface area contributed by atoms with Crippen LogP contribution in [0.25, 0.3) is 0 Å². The average Bonchev–Trinajstić information content (AvgIpc) is 2.72. The highest BCUT2D eigenvalue weighted by Gasteiger charge is 2.37. The number of hydrogen-bond acceptors (Lipinski definition) is 5. The molecule has 0 aliphatic carbocycles. The van der Waals surface area contributed by atoms with Crippen molar-refractivity contribution in [1.29, 1.82) is 5.26 Å². The fourth-order valence-corrected chi connectivity index (χ4v) is 3.54. The minimum atomic E-state index is -1.000. The van der Waals surface area contributed by atoms with E-state index in [0.717, 1.165) is 18.4 Å². The van der Waals surface area contributed by atoms with Gasteiger partial charge in [0, 0.05) is 6.54 Å². The zero-order valence-corrected chi connectivity index (χ0v) is 21.6. The molecule has 0 spiro atoms. The Labute approximate surface area is 204 Å². The number of alkyl carbamates (subject to hydrolysis) is 1. The number of nitriles is 1. The highest BCUT2D eigenvalue weighted by molar-refractivity contribution is 5.92. The number of hydrogen-bond donors (Lipinski definition) is 2. The molecular weight excluding hydrogens is 432 g/mol. The van der Waals surface area contributed by atoms with Gasteiger partial charge in [-0.05, 0) is 57.6 Å². The lowest BCUT2D eigenvalue weighted by atomic mass is 9.96. The molecule has 34 heavy (non-hydrogen) atoms. The Morgan fingerprint density at radius 1 is 1.18 bits per heavy atom. The highest BCUT2D eigenvalue weighted by atomic mass is 16.6. The smallest absolute Gasteiger partial charge is 0.408 e. The maximum absolute atomic E-state index is 13.8. The predicted molar refractivity (Wildman–Crippen MR) is 132 cm³/mol. The molecule has 2 unspecified atom stereocenters. The van der Waals surface area contributed by atoms with E-state index in [-0.39, 0.29) is 18.4 Å². The van der Waals surface area contributed by atoms with Gasteiger partial charge >= 0.3 is 6.09 Å². The van der Waals surface area contributed by atoms with Crippen molar-refractivity contribution < 1.29 is 19.1 Å². The molecule has 1 rings (SSSR count). The maximum atomic E-state index is 13.8. The van der Waals surface area contributed by atoms with E-state index in [0.29, 0.717) is 18.5 Å². The standard InChI is InChI=1S/C26H40N4O4/c1-8-9-15-28-23(31)22(20-13-11-10-12-19(20)4)30(16-14-27)24(32)21(17-18(2)3)29-25(33)34-26(5,6)7/h10-13,18,21-22H,8-9,15-17H2,1-7H3,(H,28,31)(H,29,33). The topological polar surface area (TPSA) is 112 Å². The van der Waals surface area contributed by atoms with Crippen LogP contribution in [0.4, 0.5) is 4.79 Å². The van der Waals surface area contributed by atoms with Crippen LogP contribution in [0.5, 0.6) is 0 Å². The summed E-state index contributed by atoms with van der Waals surface area (Å²) in [7, 11) is 0. The summed E-state index contributed by atoms with van der Waals surface area (Å²) in [5.74, 6) is -0.782. The first-order valence-corrected chi connectivity index (χ1v) is 11.9. The second-order valence-corrected chi connectivity index (χ2v) is 9.86. The van der Waals surface area contributed by atoms with Gasteiger partial charge in [0.05, 0.1) is 6.07 Å². The van der Waals surface area contributed by atoms with Gasteiger partial charge in [0.1, 0.15) is 24.2 Å². The van der Waals surface area contributed by atoms with Gasteiger partial charge in [0.25, 0.3) is 0 Å². The first kappa shape index (κ1) is 29.0. The molecule has 0 aromatic heterocycles. The molecule has 0 heterocycles. The third-order valence-electron chi connectivity index (χ3n) is 5.09. The minimum Gasteiger partial charge on any atom is -0.444 e. The molecular formula is C26H40N4O4. The highest BCUT2D eigenvalue weighted by Crippen LogP contribution is 2.26. The summed E-state index contributed by atoms with van der Waals surface area (Å²) < 4.78 is 5.35. The molecule has 188 valence electrons. The summed E-state index contributed by atoms with van der Waals surface area (Å²) in [5.41, 5.74) is 0.736. The van der Waals surface area contributed by atoms with Crippen LogP contribution in [0.3, 0.4) is 0 Å². The lowest BCUT2D eigenvalue weighted by Crippen LogP contribution is -2.53. The van der Waals surface area contributed by atoms with Gasteiger partial charge in [-0.15, -0.1) is 0 Å². The van der Waals surface area contributed by atoms with Crippen molar-refractivity contribution in [1.82, 2.24) is 15.5 Å². The third kappa shape index (κ3) is 9.42. The molecule has 0 radical (unpaired) electrons. The van der Waals surface area contributed by atoms with Gasteiger partial charge in [-0.3, -0.25) is 9.59 Å². The maximum Gasteiger partial charge on any atom is 0.408 e. The first-order chi connectivity index (χ1) is 15.9. The summed E-state index contributed by atoms with van der Waals surface area (Å²) in [6.45, 7) is 13.1. The van der Waals surface area contributed by atoms with Gasteiger partial charge in [0.15, 0.2) is 0 Å². The van der Waals surface area contributed by atoms with Crippen LogP contribution in [0.1, 0.15) is 78.0 Å². The van der Waals surface area contributed by atoms with E-state index >= 15 is 0 Å². The van der Waals surface area contributed by atoms with Crippen molar-refractivity contribution >= 4 is 17.9 Å². The number of amides is 3. The molecule has 0 aliphatic heterocycles. The summed E-state index contributed by atoms with van der Waals surface area (Å²) in [6.07, 6.45) is 1.32. The molecule has 0 aliphatic rings. The third-order valence-corrected chi connectivity index (χ3v) is 5.09. The number of nitrogens with one attached hydrogen (secondary N) is 2. The number of ether oxygens (including phenoxy) is 1. The summed E-state index contributed by atoms with van der Waals surface area (Å²) in [4.78, 5) is 40.8. The Hall–Kier alpha value is -3.08. The second kappa shape index (κ2) is 13.6. The van der Waals surface area contributed by atoms with E-state index in [1.165, 1.54) is 4.90 Å². The second-order valence-electron chi connectivity index (χ2n) is 9.86. The fourth-order valence-electron chi connectivity index (χ4n) is 3.54. The number of benzene rings is 1. The van der Waals surface area contributed by atoms with E-state index in [2.05, 4.69) is 10.6 Å². The summed E-state index contributed by atoms with van der Waals surface area (Å²) in [5, 5.41) is 15.1. The lowest BCUT2D eigenvalue weighted by molar-refractivity contribution is -0.142. The minimum absolute atomic E-state index is 0.0723. The quantitative estimate of drug-likeness (QED) is 0.369. The average molecular weight is 473 g/mol. The number of carbonyl (C=O) groups is 3. The molecule has 2 N–H and O–H groups in total. The monoisotopic (exact) mass is 472 g/mol. The van der Waals surface area contributed by atoms with Crippen LogP contribution >= 0.6 is 0 Å². The molecule has 8 nitrogen and oxygen atoms in total.